The van der Waals surface area contributed by atoms with Gasteiger partial charge in [0.15, 0.2) is 5.82 Å². The van der Waals surface area contributed by atoms with Gasteiger partial charge in [0.25, 0.3) is 0 Å². The number of nitrogens with one attached hydrogen (secondary N) is 1. The van der Waals surface area contributed by atoms with Crippen molar-refractivity contribution in [2.75, 3.05) is 48.4 Å². The SMILES string of the molecule is C=CCn1nc(SCC(=O)Nc2ccccc2N2CCN(S(C)(=O)=O)CC2)nc1-c1ccc(Br)cc1. The summed E-state index contributed by atoms with van der Waals surface area (Å²) in [4.78, 5) is 19.5. The average molecular weight is 592 g/mol. The number of carbonyl (C=O) groups is 1. The first-order valence-electron chi connectivity index (χ1n) is 11.3. The van der Waals surface area contributed by atoms with Crippen LogP contribution in [0.25, 0.3) is 11.4 Å². The summed E-state index contributed by atoms with van der Waals surface area (Å²) in [5.74, 6) is 0.685. The number of piperazine rings is 1. The molecule has 1 aliphatic heterocycles. The van der Waals surface area contributed by atoms with Gasteiger partial charge in [-0.2, -0.15) is 4.31 Å². The minimum atomic E-state index is -3.21. The number of rotatable bonds is 9. The topological polar surface area (TPSA) is 100 Å². The molecule has 0 unspecified atom stereocenters. The van der Waals surface area contributed by atoms with Crippen LogP contribution in [0.5, 0.6) is 0 Å². The Labute approximate surface area is 223 Å². The molecule has 1 saturated heterocycles. The van der Waals surface area contributed by atoms with Crippen LogP contribution in [0.3, 0.4) is 0 Å². The number of aromatic nitrogens is 3. The smallest absolute Gasteiger partial charge is 0.234 e. The number of anilines is 2. The van der Waals surface area contributed by atoms with E-state index >= 15 is 0 Å². The largest absolute Gasteiger partial charge is 0.367 e. The van der Waals surface area contributed by atoms with Crippen molar-refractivity contribution in [2.24, 2.45) is 0 Å². The Morgan fingerprint density at radius 1 is 1.14 bits per heavy atom. The van der Waals surface area contributed by atoms with Crippen molar-refractivity contribution in [1.29, 1.82) is 0 Å². The van der Waals surface area contributed by atoms with Gasteiger partial charge in [0.1, 0.15) is 0 Å². The van der Waals surface area contributed by atoms with Crippen molar-refractivity contribution in [2.45, 2.75) is 11.7 Å². The molecule has 9 nitrogen and oxygen atoms in total. The number of para-hydroxylation sites is 2. The van der Waals surface area contributed by atoms with Gasteiger partial charge in [-0.05, 0) is 24.3 Å². The lowest BCUT2D eigenvalue weighted by Gasteiger charge is -2.35. The predicted octanol–water partition coefficient (Wildman–Crippen LogP) is 3.71. The van der Waals surface area contributed by atoms with E-state index in [1.165, 1.54) is 22.3 Å². The van der Waals surface area contributed by atoms with Gasteiger partial charge in [-0.1, -0.05) is 58.0 Å². The van der Waals surface area contributed by atoms with Gasteiger partial charge in [-0.25, -0.2) is 18.1 Å². The van der Waals surface area contributed by atoms with E-state index in [1.54, 1.807) is 10.8 Å². The fourth-order valence-corrected chi connectivity index (χ4v) is 5.61. The van der Waals surface area contributed by atoms with Gasteiger partial charge in [0.2, 0.25) is 21.1 Å². The Kier molecular flexibility index (Phi) is 8.50. The Morgan fingerprint density at radius 3 is 2.50 bits per heavy atom. The molecule has 12 heteroatoms. The number of benzene rings is 2. The summed E-state index contributed by atoms with van der Waals surface area (Å²) in [6.45, 7) is 6.23. The molecule has 0 radical (unpaired) electrons. The third-order valence-corrected chi connectivity index (χ3v) is 8.29. The van der Waals surface area contributed by atoms with E-state index in [1.807, 2.05) is 48.5 Å². The molecule has 0 aliphatic carbocycles. The van der Waals surface area contributed by atoms with Gasteiger partial charge >= 0.3 is 0 Å². The van der Waals surface area contributed by atoms with Crippen LogP contribution in [0.15, 0.2) is 70.8 Å². The van der Waals surface area contributed by atoms with Crippen LogP contribution in [-0.2, 0) is 21.4 Å². The number of hydrogen-bond donors (Lipinski definition) is 1. The highest BCUT2D eigenvalue weighted by molar-refractivity contribution is 9.10. The molecule has 0 saturated carbocycles. The Hall–Kier alpha value is -2.67. The fourth-order valence-electron chi connectivity index (χ4n) is 3.88. The number of amides is 1. The maximum Gasteiger partial charge on any atom is 0.234 e. The molecule has 1 aliphatic rings. The van der Waals surface area contributed by atoms with Crippen molar-refractivity contribution in [3.05, 3.63) is 65.7 Å². The van der Waals surface area contributed by atoms with Crippen molar-refractivity contribution in [1.82, 2.24) is 19.1 Å². The number of halogens is 1. The molecule has 0 atom stereocenters. The molecule has 2 heterocycles. The lowest BCUT2D eigenvalue weighted by atomic mass is 10.2. The Morgan fingerprint density at radius 2 is 1.83 bits per heavy atom. The maximum atomic E-state index is 12.8. The second kappa shape index (κ2) is 11.6. The van der Waals surface area contributed by atoms with E-state index in [0.717, 1.165) is 15.7 Å². The van der Waals surface area contributed by atoms with Crippen molar-refractivity contribution in [3.63, 3.8) is 0 Å². The molecule has 0 bridgehead atoms. The van der Waals surface area contributed by atoms with Crippen LogP contribution in [0, 0.1) is 0 Å². The molecular weight excluding hydrogens is 564 g/mol. The molecule has 1 aromatic heterocycles. The van der Waals surface area contributed by atoms with Crippen LogP contribution in [0.1, 0.15) is 0 Å². The first kappa shape index (κ1) is 26.4. The summed E-state index contributed by atoms with van der Waals surface area (Å²) in [5, 5.41) is 8.04. The molecule has 0 spiro atoms. The molecule has 3 aromatic rings. The quantitative estimate of drug-likeness (QED) is 0.299. The molecule has 2 aromatic carbocycles. The standard InChI is InChI=1S/C24H27BrN6O3S2/c1-3-12-31-23(18-8-10-19(25)11-9-18)27-24(28-31)35-17-22(32)26-20-6-4-5-7-21(20)29-13-15-30(16-14-29)36(2,33)34/h3-11H,1,12-17H2,2H3,(H,26,32). The van der Waals surface area contributed by atoms with Crippen molar-refractivity contribution in [3.8, 4) is 11.4 Å². The summed E-state index contributed by atoms with van der Waals surface area (Å²) in [7, 11) is -3.21. The van der Waals surface area contributed by atoms with E-state index in [4.69, 9.17) is 0 Å². The van der Waals surface area contributed by atoms with E-state index in [0.29, 0.717) is 49.4 Å². The van der Waals surface area contributed by atoms with Gasteiger partial charge in [-0.15, -0.1) is 11.7 Å². The normalized spacial score (nSPS) is 14.6. The van der Waals surface area contributed by atoms with E-state index in [9.17, 15) is 13.2 Å². The monoisotopic (exact) mass is 590 g/mol. The van der Waals surface area contributed by atoms with Crippen molar-refractivity contribution >= 4 is 55.0 Å². The highest BCUT2D eigenvalue weighted by Crippen LogP contribution is 2.28. The summed E-state index contributed by atoms with van der Waals surface area (Å²) in [5.41, 5.74) is 2.49. The van der Waals surface area contributed by atoms with E-state index < -0.39 is 10.0 Å². The third-order valence-electron chi connectivity index (χ3n) is 5.62. The molecule has 36 heavy (non-hydrogen) atoms. The number of nitrogens with zero attached hydrogens (tertiary/aromatic N) is 5. The lowest BCUT2D eigenvalue weighted by Crippen LogP contribution is -2.48. The summed E-state index contributed by atoms with van der Waals surface area (Å²) in [6.07, 6.45) is 2.98. The zero-order valence-corrected chi connectivity index (χ0v) is 23.0. The van der Waals surface area contributed by atoms with Crippen LogP contribution in [0.4, 0.5) is 11.4 Å². The second-order valence-corrected chi connectivity index (χ2v) is 12.0. The van der Waals surface area contributed by atoms with Gasteiger partial charge in [-0.3, -0.25) is 4.79 Å². The van der Waals surface area contributed by atoms with Crippen LogP contribution >= 0.6 is 27.7 Å². The number of carbonyl (C=O) groups excluding carboxylic acids is 1. The maximum absolute atomic E-state index is 12.8. The van der Waals surface area contributed by atoms with Gasteiger partial charge in [0.05, 0.1) is 29.9 Å². The first-order chi connectivity index (χ1) is 17.2. The number of thioether (sulfide) groups is 1. The third kappa shape index (κ3) is 6.55. The minimum absolute atomic E-state index is 0.147. The van der Waals surface area contributed by atoms with Crippen LogP contribution < -0.4 is 10.2 Å². The molecule has 1 N–H and O–H groups in total. The number of sulfonamides is 1. The van der Waals surface area contributed by atoms with Crippen molar-refractivity contribution < 1.29 is 13.2 Å². The molecular formula is C24H27BrN6O3S2. The molecule has 4 rings (SSSR count). The zero-order chi connectivity index (χ0) is 25.7. The van der Waals surface area contributed by atoms with Gasteiger partial charge < -0.3 is 10.2 Å². The van der Waals surface area contributed by atoms with E-state index in [2.05, 4.69) is 42.8 Å². The molecule has 1 fully saturated rings. The summed E-state index contributed by atoms with van der Waals surface area (Å²) < 4.78 is 27.8. The zero-order valence-electron chi connectivity index (χ0n) is 19.8. The number of hydrogen-bond acceptors (Lipinski definition) is 7. The highest BCUT2D eigenvalue weighted by atomic mass is 79.9. The minimum Gasteiger partial charge on any atom is -0.367 e. The second-order valence-electron chi connectivity index (χ2n) is 8.20. The Bertz CT molecular complexity index is 1340. The van der Waals surface area contributed by atoms with E-state index in [-0.39, 0.29) is 11.7 Å². The molecule has 190 valence electrons. The Balaban J connectivity index is 1.41. The lowest BCUT2D eigenvalue weighted by molar-refractivity contribution is -0.113. The summed E-state index contributed by atoms with van der Waals surface area (Å²) >= 11 is 4.71. The predicted molar refractivity (Wildman–Crippen MR) is 148 cm³/mol. The van der Waals surface area contributed by atoms with Gasteiger partial charge in [0, 0.05) is 36.2 Å². The molecule has 1 amide bonds. The first-order valence-corrected chi connectivity index (χ1v) is 14.9. The average Bonchev–Trinajstić information content (AvgIpc) is 3.26. The van der Waals surface area contributed by atoms with Crippen LogP contribution in [0.2, 0.25) is 0 Å². The van der Waals surface area contributed by atoms with Crippen LogP contribution in [-0.4, -0.2) is 71.6 Å². The summed E-state index contributed by atoms with van der Waals surface area (Å²) in [6, 6.07) is 15.4. The highest BCUT2D eigenvalue weighted by Gasteiger charge is 2.25. The fraction of sp³-hybridized carbons (Fsp3) is 0.292. The number of allylic oxidation sites excluding steroid dienone is 1.